The van der Waals surface area contributed by atoms with Gasteiger partial charge in [0.1, 0.15) is 0 Å². The normalized spacial score (nSPS) is 48.0. The Morgan fingerprint density at radius 2 is 1.53 bits per heavy atom. The SMILES string of the molecule is CC[C@H](CC[C@H](C)[C@H]1CC[C@H]2[C@H]3CC[C@H]4C[C@@H](O)CC[C@]4(C)[C@@H]3CC[C@]12C)C(C)C. The summed E-state index contributed by atoms with van der Waals surface area (Å²) < 4.78 is 0. The molecule has 0 bridgehead atoms. The summed E-state index contributed by atoms with van der Waals surface area (Å²) in [5.74, 6) is 7.34. The van der Waals surface area contributed by atoms with Crippen molar-refractivity contribution in [2.75, 3.05) is 0 Å². The van der Waals surface area contributed by atoms with Crippen molar-refractivity contribution in [2.45, 2.75) is 125 Å². The van der Waals surface area contributed by atoms with Crippen LogP contribution in [0.25, 0.3) is 0 Å². The molecule has 4 saturated carbocycles. The van der Waals surface area contributed by atoms with Crippen LogP contribution in [0.1, 0.15) is 119 Å². The predicted molar refractivity (Wildman–Crippen MR) is 128 cm³/mol. The summed E-state index contributed by atoms with van der Waals surface area (Å²) in [5.41, 5.74) is 1.14. The number of rotatable bonds is 6. The maximum Gasteiger partial charge on any atom is 0.0543 e. The Balaban J connectivity index is 1.45. The number of hydrogen-bond acceptors (Lipinski definition) is 1. The van der Waals surface area contributed by atoms with Crippen LogP contribution in [0.5, 0.6) is 0 Å². The maximum atomic E-state index is 10.3. The van der Waals surface area contributed by atoms with E-state index in [1.54, 1.807) is 0 Å². The first kappa shape index (κ1) is 23.1. The lowest BCUT2D eigenvalue weighted by Gasteiger charge is -2.61. The number of fused-ring (bicyclic) bond motifs is 5. The second-order valence-corrected chi connectivity index (χ2v) is 13.3. The lowest BCUT2D eigenvalue weighted by molar-refractivity contribution is -0.129. The van der Waals surface area contributed by atoms with Gasteiger partial charge in [0.25, 0.3) is 0 Å². The van der Waals surface area contributed by atoms with Crippen molar-refractivity contribution in [3.8, 4) is 0 Å². The Morgan fingerprint density at radius 1 is 0.833 bits per heavy atom. The second kappa shape index (κ2) is 8.72. The first-order chi connectivity index (χ1) is 14.2. The predicted octanol–water partition coefficient (Wildman–Crippen LogP) is 8.10. The summed E-state index contributed by atoms with van der Waals surface area (Å²) >= 11 is 0. The Hall–Kier alpha value is -0.0400. The Bertz CT molecular complexity index is 583. The molecule has 0 aliphatic heterocycles. The molecule has 1 N–H and O–H groups in total. The second-order valence-electron chi connectivity index (χ2n) is 13.3. The number of aliphatic hydroxyl groups is 1. The average Bonchev–Trinajstić information content (AvgIpc) is 3.06. The van der Waals surface area contributed by atoms with Gasteiger partial charge in [-0.2, -0.15) is 0 Å². The van der Waals surface area contributed by atoms with Crippen molar-refractivity contribution in [2.24, 2.45) is 58.2 Å². The maximum absolute atomic E-state index is 10.3. The van der Waals surface area contributed by atoms with Crippen LogP contribution in [0.4, 0.5) is 0 Å². The van der Waals surface area contributed by atoms with Gasteiger partial charge in [0.05, 0.1) is 6.10 Å². The molecular formula is C29H52O. The minimum absolute atomic E-state index is 0.0111. The molecule has 0 heterocycles. The molecule has 0 aromatic heterocycles. The molecule has 0 aromatic carbocycles. The van der Waals surface area contributed by atoms with Gasteiger partial charge in [-0.15, -0.1) is 0 Å². The van der Waals surface area contributed by atoms with Crippen LogP contribution in [-0.2, 0) is 0 Å². The van der Waals surface area contributed by atoms with Crippen LogP contribution in [0.2, 0.25) is 0 Å². The van der Waals surface area contributed by atoms with Gasteiger partial charge in [-0.25, -0.2) is 0 Å². The molecule has 4 aliphatic rings. The van der Waals surface area contributed by atoms with Crippen LogP contribution >= 0.6 is 0 Å². The third-order valence-electron chi connectivity index (χ3n) is 11.9. The fourth-order valence-electron chi connectivity index (χ4n) is 9.90. The lowest BCUT2D eigenvalue weighted by Crippen LogP contribution is -2.54. The Labute approximate surface area is 188 Å². The van der Waals surface area contributed by atoms with E-state index < -0.39 is 0 Å². The molecule has 30 heavy (non-hydrogen) atoms. The van der Waals surface area contributed by atoms with Crippen LogP contribution in [0.15, 0.2) is 0 Å². The Kier molecular flexibility index (Phi) is 6.72. The monoisotopic (exact) mass is 416 g/mol. The van der Waals surface area contributed by atoms with Gasteiger partial charge in [0.15, 0.2) is 0 Å². The summed E-state index contributed by atoms with van der Waals surface area (Å²) in [7, 11) is 0. The van der Waals surface area contributed by atoms with Gasteiger partial charge < -0.3 is 5.11 Å². The highest BCUT2D eigenvalue weighted by molar-refractivity contribution is 5.09. The van der Waals surface area contributed by atoms with Crippen LogP contribution in [-0.4, -0.2) is 11.2 Å². The third-order valence-corrected chi connectivity index (χ3v) is 11.9. The van der Waals surface area contributed by atoms with Gasteiger partial charge in [-0.3, -0.25) is 0 Å². The molecule has 174 valence electrons. The zero-order valence-electron chi connectivity index (χ0n) is 21.1. The van der Waals surface area contributed by atoms with Gasteiger partial charge in [-0.05, 0) is 122 Å². The number of aliphatic hydroxyl groups excluding tert-OH is 1. The summed E-state index contributed by atoms with van der Waals surface area (Å²) in [6.07, 6.45) is 16.5. The Morgan fingerprint density at radius 3 is 2.23 bits per heavy atom. The molecule has 0 amide bonds. The fraction of sp³-hybridized carbons (Fsp3) is 1.00. The molecule has 0 unspecified atom stereocenters. The highest BCUT2D eigenvalue weighted by Crippen LogP contribution is 2.68. The molecule has 0 saturated heterocycles. The first-order valence-corrected chi connectivity index (χ1v) is 13.9. The van der Waals surface area contributed by atoms with Crippen molar-refractivity contribution in [1.29, 1.82) is 0 Å². The quantitative estimate of drug-likeness (QED) is 0.463. The van der Waals surface area contributed by atoms with Crippen molar-refractivity contribution >= 4 is 0 Å². The van der Waals surface area contributed by atoms with Gasteiger partial charge in [0, 0.05) is 0 Å². The molecule has 4 aliphatic carbocycles. The molecule has 4 rings (SSSR count). The number of hydrogen-bond donors (Lipinski definition) is 1. The van der Waals surface area contributed by atoms with E-state index >= 15 is 0 Å². The largest absolute Gasteiger partial charge is 0.393 e. The van der Waals surface area contributed by atoms with E-state index in [4.69, 9.17) is 0 Å². The third kappa shape index (κ3) is 3.82. The van der Waals surface area contributed by atoms with Crippen LogP contribution in [0, 0.1) is 58.2 Å². The van der Waals surface area contributed by atoms with E-state index in [1.807, 2.05) is 0 Å². The topological polar surface area (TPSA) is 20.2 Å². The minimum atomic E-state index is -0.0111. The van der Waals surface area contributed by atoms with Crippen molar-refractivity contribution in [1.82, 2.24) is 0 Å². The highest BCUT2D eigenvalue weighted by atomic mass is 16.3. The zero-order valence-corrected chi connectivity index (χ0v) is 21.1. The van der Waals surface area contributed by atoms with Gasteiger partial charge >= 0.3 is 0 Å². The molecular weight excluding hydrogens is 364 g/mol. The summed E-state index contributed by atoms with van der Waals surface area (Å²) in [6, 6.07) is 0. The standard InChI is InChI=1S/C29H52O/c1-7-21(19(2)3)9-8-20(4)25-12-13-26-24-11-10-22-18-23(30)14-16-28(22,5)27(24)15-17-29(25,26)6/h19-27,30H,7-18H2,1-6H3/t20-,21+,22-,23-,24+,25+,26-,27+,28-,29+/m0/s1. The molecule has 0 spiro atoms. The molecule has 1 nitrogen and oxygen atoms in total. The molecule has 4 fully saturated rings. The lowest BCUT2D eigenvalue weighted by atomic mass is 9.44. The van der Waals surface area contributed by atoms with Gasteiger partial charge in [-0.1, -0.05) is 54.4 Å². The van der Waals surface area contributed by atoms with Crippen molar-refractivity contribution in [3.63, 3.8) is 0 Å². The summed E-state index contributed by atoms with van der Waals surface area (Å²) in [5, 5.41) is 10.3. The van der Waals surface area contributed by atoms with E-state index in [0.29, 0.717) is 10.8 Å². The summed E-state index contributed by atoms with van der Waals surface area (Å²) in [6.45, 7) is 15.2. The van der Waals surface area contributed by atoms with E-state index in [-0.39, 0.29) is 6.10 Å². The molecule has 0 aromatic rings. The molecule has 0 radical (unpaired) electrons. The average molecular weight is 417 g/mol. The highest BCUT2D eigenvalue weighted by Gasteiger charge is 2.60. The minimum Gasteiger partial charge on any atom is -0.393 e. The first-order valence-electron chi connectivity index (χ1n) is 13.9. The van der Waals surface area contributed by atoms with Crippen LogP contribution in [0.3, 0.4) is 0 Å². The van der Waals surface area contributed by atoms with E-state index in [0.717, 1.165) is 60.2 Å². The fourth-order valence-corrected chi connectivity index (χ4v) is 9.90. The molecule has 1 heteroatoms. The smallest absolute Gasteiger partial charge is 0.0543 e. The van der Waals surface area contributed by atoms with Gasteiger partial charge in [0.2, 0.25) is 0 Å². The van der Waals surface area contributed by atoms with E-state index in [2.05, 4.69) is 41.5 Å². The summed E-state index contributed by atoms with van der Waals surface area (Å²) in [4.78, 5) is 0. The van der Waals surface area contributed by atoms with Crippen molar-refractivity contribution < 1.29 is 5.11 Å². The zero-order chi connectivity index (χ0) is 21.7. The van der Waals surface area contributed by atoms with E-state index in [9.17, 15) is 5.11 Å². The van der Waals surface area contributed by atoms with E-state index in [1.165, 1.54) is 64.2 Å². The molecule has 10 atom stereocenters. The van der Waals surface area contributed by atoms with Crippen molar-refractivity contribution in [3.05, 3.63) is 0 Å². The van der Waals surface area contributed by atoms with Crippen LogP contribution < -0.4 is 0 Å².